The number of aliphatic hydroxyl groups excluding tert-OH is 1. The van der Waals surface area contributed by atoms with Gasteiger partial charge in [0.25, 0.3) is 5.91 Å². The topological polar surface area (TPSA) is 90.9 Å². The first-order valence-electron chi connectivity index (χ1n) is 13.3. The van der Waals surface area contributed by atoms with Crippen molar-refractivity contribution in [1.82, 2.24) is 5.32 Å². The monoisotopic (exact) mass is 603 g/mol. The van der Waals surface area contributed by atoms with Gasteiger partial charge in [-0.15, -0.1) is 0 Å². The zero-order chi connectivity index (χ0) is 27.2. The van der Waals surface area contributed by atoms with Crippen LogP contribution in [-0.2, 0) is 26.5 Å². The van der Waals surface area contributed by atoms with Crippen LogP contribution in [0.4, 0.5) is 15.5 Å². The highest BCUT2D eigenvalue weighted by atomic mass is 79.9. The Morgan fingerprint density at radius 3 is 2.79 bits per heavy atom. The number of hydrogen-bond acceptors (Lipinski definition) is 5. The molecule has 10 heteroatoms. The Labute approximate surface area is 232 Å². The van der Waals surface area contributed by atoms with Crippen LogP contribution in [0.15, 0.2) is 46.9 Å². The van der Waals surface area contributed by atoms with E-state index in [9.17, 15) is 14.7 Å². The van der Waals surface area contributed by atoms with Crippen LogP contribution in [-0.4, -0.2) is 50.6 Å². The predicted octanol–water partition coefficient (Wildman–Crippen LogP) is 4.84. The molecule has 3 aliphatic rings. The first-order valence-corrected chi connectivity index (χ1v) is 17.0. The smallest absolute Gasteiger partial charge is 0.264 e. The maximum absolute atomic E-state index is 15.6. The first-order chi connectivity index (χ1) is 18.1. The Balaban J connectivity index is 1.47. The first kappa shape index (κ1) is 27.5. The Hall–Kier alpha value is -2.11. The molecule has 38 heavy (non-hydrogen) atoms. The number of amides is 2. The van der Waals surface area contributed by atoms with E-state index in [-0.39, 0.29) is 37.4 Å². The summed E-state index contributed by atoms with van der Waals surface area (Å²) in [5, 5.41) is 15.9. The number of fused-ring (bicyclic) bond motifs is 2. The van der Waals surface area contributed by atoms with Gasteiger partial charge < -0.3 is 29.5 Å². The molecule has 0 unspecified atom stereocenters. The molecule has 0 aromatic heterocycles. The van der Waals surface area contributed by atoms with Gasteiger partial charge in [-0.2, -0.15) is 0 Å². The van der Waals surface area contributed by atoms with Crippen molar-refractivity contribution in [3.8, 4) is 0 Å². The fourth-order valence-electron chi connectivity index (χ4n) is 6.64. The molecule has 3 N–H and O–H groups in total. The van der Waals surface area contributed by atoms with Gasteiger partial charge in [-0.25, -0.2) is 0 Å². The number of nitrogens with zero attached hydrogens (tertiary/aromatic N) is 1. The fraction of sp³-hybridized carbons (Fsp3) is 0.500. The van der Waals surface area contributed by atoms with Gasteiger partial charge >= 0.3 is 0 Å². The molecular weight excluding hydrogens is 569 g/mol. The van der Waals surface area contributed by atoms with Crippen molar-refractivity contribution >= 4 is 47.5 Å². The van der Waals surface area contributed by atoms with Crippen LogP contribution >= 0.6 is 15.9 Å². The van der Waals surface area contributed by atoms with Gasteiger partial charge in [0, 0.05) is 33.8 Å². The molecule has 5 rings (SSSR count). The molecule has 2 saturated heterocycles. The van der Waals surface area contributed by atoms with E-state index in [2.05, 4.69) is 26.6 Å². The van der Waals surface area contributed by atoms with Crippen molar-refractivity contribution < 1.29 is 23.5 Å². The molecule has 5 atom stereocenters. The van der Waals surface area contributed by atoms with Gasteiger partial charge in [-0.3, -0.25) is 9.59 Å². The quantitative estimate of drug-likeness (QED) is 0.311. The fourth-order valence-corrected chi connectivity index (χ4v) is 9.54. The van der Waals surface area contributed by atoms with Crippen molar-refractivity contribution in [1.29, 1.82) is 0 Å². The van der Waals surface area contributed by atoms with Gasteiger partial charge in [-0.1, -0.05) is 35.0 Å². The third-order valence-electron chi connectivity index (χ3n) is 8.25. The summed E-state index contributed by atoms with van der Waals surface area (Å²) in [6, 6.07) is 13.0. The Morgan fingerprint density at radius 2 is 2.11 bits per heavy atom. The van der Waals surface area contributed by atoms with E-state index >= 15 is 4.11 Å². The normalized spacial score (nSPS) is 28.8. The standard InChI is InChI=1S/C28H35BrFN3O4Si/c1-17-25(38(2,3)30)24(11-13-34)37-28(17)21-15-19(29)9-10-23(21)33(27(28)36)16-18-6-4-7-20(14-18)32-26(35)22-8-5-12-31-22/h4,6-7,9-10,14-15,17,22,24-25,31,34H,5,8,11-13,16H2,1-3H3,(H,32,35)/t17-,22+,24+,25-,28+/m0/s1. The number of hydrogen-bond donors (Lipinski definition) is 3. The van der Waals surface area contributed by atoms with Crippen molar-refractivity contribution in [2.75, 3.05) is 23.4 Å². The van der Waals surface area contributed by atoms with Crippen molar-refractivity contribution in [3.05, 3.63) is 58.1 Å². The van der Waals surface area contributed by atoms with E-state index in [1.807, 2.05) is 49.4 Å². The van der Waals surface area contributed by atoms with E-state index in [1.165, 1.54) is 0 Å². The van der Waals surface area contributed by atoms with Gasteiger partial charge in [0.1, 0.15) is 0 Å². The van der Waals surface area contributed by atoms with Crippen LogP contribution in [0.2, 0.25) is 18.6 Å². The molecule has 1 spiro atoms. The maximum atomic E-state index is 15.6. The Bertz CT molecular complexity index is 1230. The summed E-state index contributed by atoms with van der Waals surface area (Å²) < 4.78 is 23.0. The molecule has 3 aliphatic heterocycles. The van der Waals surface area contributed by atoms with E-state index in [0.717, 1.165) is 40.7 Å². The third kappa shape index (κ3) is 4.74. The number of anilines is 2. The number of benzene rings is 2. The molecule has 2 amide bonds. The highest BCUT2D eigenvalue weighted by Crippen LogP contribution is 2.60. The lowest BCUT2D eigenvalue weighted by Gasteiger charge is -2.31. The second-order valence-electron chi connectivity index (χ2n) is 11.2. The van der Waals surface area contributed by atoms with Gasteiger partial charge in [0.05, 0.1) is 24.4 Å². The summed E-state index contributed by atoms with van der Waals surface area (Å²) in [7, 11) is -3.24. The molecule has 3 heterocycles. The number of ether oxygens (including phenoxy) is 1. The summed E-state index contributed by atoms with van der Waals surface area (Å²) in [6.07, 6.45) is 1.54. The van der Waals surface area contributed by atoms with Crippen molar-refractivity contribution in [2.24, 2.45) is 5.92 Å². The highest BCUT2D eigenvalue weighted by molar-refractivity contribution is 9.10. The summed E-state index contributed by atoms with van der Waals surface area (Å²) in [5.41, 5.74) is 1.24. The average molecular weight is 605 g/mol. The van der Waals surface area contributed by atoms with E-state index < -0.39 is 31.6 Å². The van der Waals surface area contributed by atoms with E-state index in [4.69, 9.17) is 4.74 Å². The predicted molar refractivity (Wildman–Crippen MR) is 151 cm³/mol. The maximum Gasteiger partial charge on any atom is 0.264 e. The largest absolute Gasteiger partial charge is 0.396 e. The second-order valence-corrected chi connectivity index (χ2v) is 15.9. The summed E-state index contributed by atoms with van der Waals surface area (Å²) in [4.78, 5) is 28.6. The zero-order valence-electron chi connectivity index (χ0n) is 22.0. The minimum absolute atomic E-state index is 0.0572. The molecule has 0 radical (unpaired) electrons. The van der Waals surface area contributed by atoms with Gasteiger partial charge in [0.2, 0.25) is 14.3 Å². The number of aliphatic hydroxyl groups is 1. The van der Waals surface area contributed by atoms with Gasteiger partial charge in [-0.05, 0) is 74.8 Å². The minimum Gasteiger partial charge on any atom is -0.396 e. The highest BCUT2D eigenvalue weighted by Gasteiger charge is 2.66. The Kier molecular flexibility index (Phi) is 7.56. The van der Waals surface area contributed by atoms with Crippen LogP contribution < -0.4 is 15.5 Å². The molecule has 0 bridgehead atoms. The lowest BCUT2D eigenvalue weighted by Crippen LogP contribution is -2.45. The summed E-state index contributed by atoms with van der Waals surface area (Å²) >= 11 is 3.55. The van der Waals surface area contributed by atoms with Crippen molar-refractivity contribution in [3.63, 3.8) is 0 Å². The van der Waals surface area contributed by atoms with Crippen LogP contribution in [0.5, 0.6) is 0 Å². The lowest BCUT2D eigenvalue weighted by molar-refractivity contribution is -0.146. The molecule has 204 valence electrons. The number of carbonyl (C=O) groups is 2. The van der Waals surface area contributed by atoms with Crippen molar-refractivity contribution in [2.45, 2.75) is 69.1 Å². The molecule has 2 fully saturated rings. The minimum atomic E-state index is -3.24. The van der Waals surface area contributed by atoms with Crippen LogP contribution in [0.1, 0.15) is 37.3 Å². The molecule has 2 aromatic carbocycles. The molecule has 7 nitrogen and oxygen atoms in total. The average Bonchev–Trinajstić information content (AvgIpc) is 3.54. The number of carbonyl (C=O) groups excluding carboxylic acids is 2. The summed E-state index contributed by atoms with van der Waals surface area (Å²) in [6.45, 7) is 6.21. The molecule has 0 saturated carbocycles. The molecule has 0 aliphatic carbocycles. The third-order valence-corrected chi connectivity index (χ3v) is 11.2. The lowest BCUT2D eigenvalue weighted by atomic mass is 9.82. The summed E-state index contributed by atoms with van der Waals surface area (Å²) in [5.74, 6) is -0.676. The van der Waals surface area contributed by atoms with Crippen LogP contribution in [0, 0.1) is 5.92 Å². The Morgan fingerprint density at radius 1 is 1.32 bits per heavy atom. The number of nitrogens with one attached hydrogen (secondary N) is 2. The van der Waals surface area contributed by atoms with Crippen LogP contribution in [0.25, 0.3) is 0 Å². The zero-order valence-corrected chi connectivity index (χ0v) is 24.6. The SMILES string of the molecule is C[C@H]1[C@H]([Si](C)(C)F)[C@@H](CCO)O[C@]12C(=O)N(Cc1cccc(NC(=O)[C@H]3CCCN3)c1)c1ccc(Br)cc12. The number of rotatable bonds is 7. The molecule has 2 aromatic rings. The van der Waals surface area contributed by atoms with Crippen LogP contribution in [0.3, 0.4) is 0 Å². The van der Waals surface area contributed by atoms with Gasteiger partial charge in [0.15, 0.2) is 5.60 Å². The van der Waals surface area contributed by atoms with E-state index in [1.54, 1.807) is 18.0 Å². The second kappa shape index (κ2) is 10.5. The van der Waals surface area contributed by atoms with E-state index in [0.29, 0.717) is 5.69 Å². The number of halogens is 2. The molecular formula is C28H35BrFN3O4Si.